The first-order valence-electron chi connectivity index (χ1n) is 7.64. The van der Waals surface area contributed by atoms with Crippen LogP contribution in [0.3, 0.4) is 0 Å². The highest BCUT2D eigenvalue weighted by atomic mass is 79.9. The van der Waals surface area contributed by atoms with Crippen LogP contribution in [0.5, 0.6) is 11.5 Å². The zero-order valence-corrected chi connectivity index (χ0v) is 15.8. The summed E-state index contributed by atoms with van der Waals surface area (Å²) in [4.78, 5) is 0.169. The Morgan fingerprint density at radius 3 is 2.79 bits per heavy atom. The smallest absolute Gasteiger partial charge is 0.263 e. The van der Waals surface area contributed by atoms with Gasteiger partial charge in [0.2, 0.25) is 0 Å². The highest BCUT2D eigenvalue weighted by Crippen LogP contribution is 2.39. The molecule has 1 aliphatic rings. The lowest BCUT2D eigenvalue weighted by molar-refractivity contribution is 0.254. The second kappa shape index (κ2) is 6.64. The van der Waals surface area contributed by atoms with Gasteiger partial charge in [-0.1, -0.05) is 12.1 Å². The number of sulfonamides is 1. The van der Waals surface area contributed by atoms with Crippen LogP contribution >= 0.6 is 15.9 Å². The highest BCUT2D eigenvalue weighted by Gasteiger charge is 2.25. The van der Waals surface area contributed by atoms with E-state index in [0.29, 0.717) is 28.3 Å². The maximum atomic E-state index is 12.7. The minimum absolute atomic E-state index is 0.0737. The Bertz CT molecular complexity index is 867. The van der Waals surface area contributed by atoms with Crippen molar-refractivity contribution in [2.24, 2.45) is 0 Å². The maximum Gasteiger partial charge on any atom is 0.263 e. The lowest BCUT2D eigenvalue weighted by Gasteiger charge is -2.15. The Hall–Kier alpha value is -1.73. The summed E-state index contributed by atoms with van der Waals surface area (Å²) >= 11 is 3.28. The van der Waals surface area contributed by atoms with Crippen LogP contribution in [0, 0.1) is 0 Å². The quantitative estimate of drug-likeness (QED) is 0.807. The van der Waals surface area contributed by atoms with E-state index in [1.54, 1.807) is 30.3 Å². The van der Waals surface area contributed by atoms with Crippen molar-refractivity contribution in [3.8, 4) is 11.5 Å². The molecule has 128 valence electrons. The van der Waals surface area contributed by atoms with Gasteiger partial charge in [0.15, 0.2) is 0 Å². The van der Waals surface area contributed by atoms with Crippen LogP contribution in [-0.4, -0.2) is 21.1 Å². The average molecular weight is 412 g/mol. The number of benzene rings is 2. The van der Waals surface area contributed by atoms with E-state index in [1.165, 1.54) is 0 Å². The lowest BCUT2D eigenvalue weighted by atomic mass is 10.1. The van der Waals surface area contributed by atoms with Gasteiger partial charge in [0, 0.05) is 22.5 Å². The second-order valence-electron chi connectivity index (χ2n) is 5.56. The fourth-order valence-electron chi connectivity index (χ4n) is 2.66. The Morgan fingerprint density at radius 1 is 1.33 bits per heavy atom. The lowest BCUT2D eigenvalue weighted by Crippen LogP contribution is -2.14. The molecule has 0 amide bonds. The molecule has 0 unspecified atom stereocenters. The molecule has 0 spiro atoms. The molecule has 1 atom stereocenters. The van der Waals surface area contributed by atoms with Gasteiger partial charge >= 0.3 is 0 Å². The molecule has 0 saturated carbocycles. The van der Waals surface area contributed by atoms with Gasteiger partial charge in [0.1, 0.15) is 22.5 Å². The summed E-state index contributed by atoms with van der Waals surface area (Å²) in [7, 11) is -3.75. The van der Waals surface area contributed by atoms with Crippen molar-refractivity contribution in [1.82, 2.24) is 0 Å². The normalized spacial score (nSPS) is 16.4. The topological polar surface area (TPSA) is 64.6 Å². The van der Waals surface area contributed by atoms with E-state index in [2.05, 4.69) is 20.7 Å². The molecule has 24 heavy (non-hydrogen) atoms. The number of nitrogens with one attached hydrogen (secondary N) is 1. The van der Waals surface area contributed by atoms with Crippen LogP contribution in [-0.2, 0) is 16.4 Å². The SMILES string of the molecule is CCOc1cc2c(cc1NS(=O)(=O)c1ccccc1Br)O[C@H](C)C2. The zero-order valence-electron chi connectivity index (χ0n) is 13.4. The Balaban J connectivity index is 2.00. The summed E-state index contributed by atoms with van der Waals surface area (Å²) in [5, 5.41) is 0. The number of hydrogen-bond acceptors (Lipinski definition) is 4. The molecular weight excluding hydrogens is 394 g/mol. The zero-order chi connectivity index (χ0) is 17.3. The molecule has 2 aromatic rings. The molecule has 1 heterocycles. The first-order valence-corrected chi connectivity index (χ1v) is 9.92. The van der Waals surface area contributed by atoms with Gasteiger partial charge in [0.25, 0.3) is 10.0 Å². The number of ether oxygens (including phenoxy) is 2. The predicted octanol–water partition coefficient (Wildman–Crippen LogP) is 3.97. The first kappa shape index (κ1) is 17.1. The standard InChI is InChI=1S/C17H18BrNO4S/c1-3-22-16-9-12-8-11(2)23-15(12)10-14(16)19-24(20,21)17-7-5-4-6-13(17)18/h4-7,9-11,19H,3,8H2,1-2H3/t11-/m1/s1. The van der Waals surface area contributed by atoms with Gasteiger partial charge in [0.05, 0.1) is 12.3 Å². The largest absolute Gasteiger partial charge is 0.492 e. The molecular formula is C17H18BrNO4S. The molecule has 0 aliphatic carbocycles. The van der Waals surface area contributed by atoms with Crippen LogP contribution in [0.2, 0.25) is 0 Å². The molecule has 0 fully saturated rings. The summed E-state index contributed by atoms with van der Waals surface area (Å²) in [5.74, 6) is 1.19. The van der Waals surface area contributed by atoms with Crippen molar-refractivity contribution in [3.63, 3.8) is 0 Å². The van der Waals surface area contributed by atoms with Crippen LogP contribution < -0.4 is 14.2 Å². The molecule has 5 nitrogen and oxygen atoms in total. The van der Waals surface area contributed by atoms with Crippen molar-refractivity contribution in [1.29, 1.82) is 0 Å². The first-order chi connectivity index (χ1) is 11.4. The second-order valence-corrected chi connectivity index (χ2v) is 8.06. The highest BCUT2D eigenvalue weighted by molar-refractivity contribution is 9.10. The summed E-state index contributed by atoms with van der Waals surface area (Å²) in [6, 6.07) is 10.2. The molecule has 0 bridgehead atoms. The van der Waals surface area contributed by atoms with E-state index in [-0.39, 0.29) is 11.0 Å². The third-order valence-corrected chi connectivity index (χ3v) is 6.05. The average Bonchev–Trinajstić information content (AvgIpc) is 2.86. The Kier molecular flexibility index (Phi) is 4.73. The minimum Gasteiger partial charge on any atom is -0.492 e. The summed E-state index contributed by atoms with van der Waals surface area (Å²) < 4.78 is 39.9. The number of rotatable bonds is 5. The van der Waals surface area contributed by atoms with E-state index >= 15 is 0 Å². The van der Waals surface area contributed by atoms with Crippen molar-refractivity contribution < 1.29 is 17.9 Å². The molecule has 7 heteroatoms. The number of halogens is 1. The third-order valence-electron chi connectivity index (χ3n) is 3.67. The van der Waals surface area contributed by atoms with Gasteiger partial charge in [-0.2, -0.15) is 0 Å². The summed E-state index contributed by atoms with van der Waals surface area (Å²) in [6.45, 7) is 4.28. The number of hydrogen-bond donors (Lipinski definition) is 1. The molecule has 3 rings (SSSR count). The van der Waals surface area contributed by atoms with E-state index < -0.39 is 10.0 Å². The number of anilines is 1. The molecule has 2 aromatic carbocycles. The van der Waals surface area contributed by atoms with Gasteiger partial charge in [-0.15, -0.1) is 0 Å². The van der Waals surface area contributed by atoms with Gasteiger partial charge in [-0.05, 0) is 48.0 Å². The molecule has 1 N–H and O–H groups in total. The van der Waals surface area contributed by atoms with Crippen molar-refractivity contribution >= 4 is 31.6 Å². The van der Waals surface area contributed by atoms with Gasteiger partial charge < -0.3 is 9.47 Å². The fourth-order valence-corrected chi connectivity index (χ4v) is 4.72. The Morgan fingerprint density at radius 2 is 2.08 bits per heavy atom. The van der Waals surface area contributed by atoms with Gasteiger partial charge in [-0.25, -0.2) is 8.42 Å². The monoisotopic (exact) mass is 411 g/mol. The minimum atomic E-state index is -3.75. The van der Waals surface area contributed by atoms with E-state index in [9.17, 15) is 8.42 Å². The Labute approximate surface area is 150 Å². The van der Waals surface area contributed by atoms with Crippen LogP contribution in [0.4, 0.5) is 5.69 Å². The van der Waals surface area contributed by atoms with Gasteiger partial charge in [-0.3, -0.25) is 4.72 Å². The molecule has 0 aromatic heterocycles. The summed E-state index contributed by atoms with van der Waals surface area (Å²) in [6.07, 6.45) is 0.858. The van der Waals surface area contributed by atoms with E-state index in [1.807, 2.05) is 19.9 Å². The predicted molar refractivity (Wildman–Crippen MR) is 96.4 cm³/mol. The molecule has 0 saturated heterocycles. The van der Waals surface area contributed by atoms with Crippen molar-refractivity contribution in [2.45, 2.75) is 31.3 Å². The fraction of sp³-hybridized carbons (Fsp3) is 0.294. The third kappa shape index (κ3) is 3.37. The van der Waals surface area contributed by atoms with Crippen LogP contribution in [0.25, 0.3) is 0 Å². The number of fused-ring (bicyclic) bond motifs is 1. The molecule has 0 radical (unpaired) electrons. The molecule has 1 aliphatic heterocycles. The van der Waals surface area contributed by atoms with E-state index in [0.717, 1.165) is 12.0 Å². The maximum absolute atomic E-state index is 12.7. The van der Waals surface area contributed by atoms with Crippen molar-refractivity contribution in [2.75, 3.05) is 11.3 Å². The van der Waals surface area contributed by atoms with Crippen LogP contribution in [0.15, 0.2) is 45.8 Å². The van der Waals surface area contributed by atoms with E-state index in [4.69, 9.17) is 9.47 Å². The summed E-state index contributed by atoms with van der Waals surface area (Å²) in [5.41, 5.74) is 1.40. The van der Waals surface area contributed by atoms with Crippen LogP contribution in [0.1, 0.15) is 19.4 Å². The van der Waals surface area contributed by atoms with Crippen molar-refractivity contribution in [3.05, 3.63) is 46.4 Å².